The summed E-state index contributed by atoms with van der Waals surface area (Å²) in [5, 5.41) is 12.7. The van der Waals surface area contributed by atoms with E-state index < -0.39 is 29.6 Å². The first-order valence-electron chi connectivity index (χ1n) is 5.98. The summed E-state index contributed by atoms with van der Waals surface area (Å²) < 4.78 is 7.00. The second-order valence-corrected chi connectivity index (χ2v) is 5.39. The Balaban J connectivity index is 2.41. The van der Waals surface area contributed by atoms with Crippen molar-refractivity contribution in [1.29, 1.82) is 0 Å². The number of aliphatic hydroxyl groups is 1. The Morgan fingerprint density at radius 2 is 2.43 bits per heavy atom. The normalized spacial score (nSPS) is 24.6. The van der Waals surface area contributed by atoms with Gasteiger partial charge in [0.15, 0.2) is 0 Å². The summed E-state index contributed by atoms with van der Waals surface area (Å²) in [6.07, 6.45) is 0.0959. The minimum absolute atomic E-state index is 0.186. The zero-order valence-corrected chi connectivity index (χ0v) is 12.4. The van der Waals surface area contributed by atoms with Crippen LogP contribution in [0.15, 0.2) is 27.5 Å². The molecule has 0 spiro atoms. The number of rotatable bonds is 4. The summed E-state index contributed by atoms with van der Waals surface area (Å²) in [4.78, 5) is 28.4. The molecular formula is C11H12BrN5O4. The van der Waals surface area contributed by atoms with E-state index in [9.17, 15) is 14.7 Å². The van der Waals surface area contributed by atoms with Crippen molar-refractivity contribution in [3.63, 3.8) is 0 Å². The highest BCUT2D eigenvalue weighted by Gasteiger charge is 2.35. The van der Waals surface area contributed by atoms with Crippen molar-refractivity contribution in [1.82, 2.24) is 9.55 Å². The third-order valence-corrected chi connectivity index (χ3v) is 3.58. The lowest BCUT2D eigenvalue weighted by atomic mass is 10.1. The van der Waals surface area contributed by atoms with Gasteiger partial charge in [-0.15, -0.1) is 0 Å². The standard InChI is InChI=1S/C11H12BrN5O4/c1-5(12)6-3-17(11(20)14-10(6)19)9-2-7(15-16-13)8(4-18)21-9/h3,7-9,18H,1-2,4H2,(H,14,19,20)/t7?,8-,9-/m1/s1. The fraction of sp³-hybridized carbons (Fsp3) is 0.455. The van der Waals surface area contributed by atoms with Crippen molar-refractivity contribution in [3.05, 3.63) is 49.6 Å². The Kier molecular flexibility index (Phi) is 4.63. The van der Waals surface area contributed by atoms with E-state index in [2.05, 4.69) is 37.5 Å². The minimum Gasteiger partial charge on any atom is -0.394 e. The van der Waals surface area contributed by atoms with Crippen LogP contribution in [0.2, 0.25) is 0 Å². The maximum absolute atomic E-state index is 11.9. The van der Waals surface area contributed by atoms with E-state index >= 15 is 0 Å². The van der Waals surface area contributed by atoms with E-state index in [0.29, 0.717) is 4.48 Å². The molecule has 1 aromatic heterocycles. The molecule has 112 valence electrons. The van der Waals surface area contributed by atoms with Crippen LogP contribution in [0.3, 0.4) is 0 Å². The molecule has 1 aliphatic heterocycles. The third-order valence-electron chi connectivity index (χ3n) is 3.15. The quantitative estimate of drug-likeness (QED) is 0.469. The van der Waals surface area contributed by atoms with Crippen LogP contribution in [0, 0.1) is 0 Å². The van der Waals surface area contributed by atoms with Crippen molar-refractivity contribution in [2.24, 2.45) is 5.11 Å². The Labute approximate surface area is 126 Å². The number of aliphatic hydroxyl groups excluding tert-OH is 1. The molecule has 1 aromatic rings. The molecule has 1 aliphatic rings. The van der Waals surface area contributed by atoms with Gasteiger partial charge in [-0.3, -0.25) is 14.3 Å². The van der Waals surface area contributed by atoms with E-state index in [0.717, 1.165) is 0 Å². The van der Waals surface area contributed by atoms with Gasteiger partial charge < -0.3 is 9.84 Å². The summed E-state index contributed by atoms with van der Waals surface area (Å²) >= 11 is 3.09. The summed E-state index contributed by atoms with van der Waals surface area (Å²) in [5.74, 6) is 0. The van der Waals surface area contributed by atoms with Crippen LogP contribution < -0.4 is 11.2 Å². The highest BCUT2D eigenvalue weighted by atomic mass is 79.9. The number of halogens is 1. The topological polar surface area (TPSA) is 133 Å². The highest BCUT2D eigenvalue weighted by Crippen LogP contribution is 2.30. The van der Waals surface area contributed by atoms with Crippen LogP contribution in [0.4, 0.5) is 0 Å². The fourth-order valence-corrected chi connectivity index (χ4v) is 2.41. The van der Waals surface area contributed by atoms with Crippen molar-refractivity contribution >= 4 is 20.4 Å². The number of aromatic amines is 1. The van der Waals surface area contributed by atoms with Crippen LogP contribution in [0.5, 0.6) is 0 Å². The van der Waals surface area contributed by atoms with Crippen LogP contribution in [-0.4, -0.2) is 33.4 Å². The van der Waals surface area contributed by atoms with Gasteiger partial charge in [0.05, 0.1) is 24.3 Å². The molecule has 1 unspecified atom stereocenters. The van der Waals surface area contributed by atoms with Crippen molar-refractivity contribution < 1.29 is 9.84 Å². The molecule has 9 nitrogen and oxygen atoms in total. The van der Waals surface area contributed by atoms with Gasteiger partial charge in [0.2, 0.25) is 0 Å². The molecule has 0 radical (unpaired) electrons. The predicted octanol–water partition coefficient (Wildman–Crippen LogP) is 0.861. The van der Waals surface area contributed by atoms with Crippen LogP contribution in [0.1, 0.15) is 18.2 Å². The molecule has 0 aromatic carbocycles. The molecule has 1 fully saturated rings. The first-order chi connectivity index (χ1) is 9.97. The van der Waals surface area contributed by atoms with Gasteiger partial charge in [-0.05, 0) is 5.53 Å². The lowest BCUT2D eigenvalue weighted by Crippen LogP contribution is -2.33. The first-order valence-corrected chi connectivity index (χ1v) is 6.78. The van der Waals surface area contributed by atoms with Gasteiger partial charge in [0, 0.05) is 22.0 Å². The molecule has 1 saturated heterocycles. The van der Waals surface area contributed by atoms with E-state index in [1.807, 2.05) is 0 Å². The van der Waals surface area contributed by atoms with Crippen LogP contribution in [-0.2, 0) is 4.74 Å². The Morgan fingerprint density at radius 3 is 3.00 bits per heavy atom. The van der Waals surface area contributed by atoms with Gasteiger partial charge in [0.1, 0.15) is 6.23 Å². The molecule has 0 aliphatic carbocycles. The second kappa shape index (κ2) is 6.27. The number of H-pyrrole nitrogens is 1. The van der Waals surface area contributed by atoms with Gasteiger partial charge in [-0.25, -0.2) is 4.79 Å². The largest absolute Gasteiger partial charge is 0.394 e. The van der Waals surface area contributed by atoms with E-state index in [1.54, 1.807) is 0 Å². The molecule has 10 heteroatoms. The lowest BCUT2D eigenvalue weighted by Gasteiger charge is -2.15. The minimum atomic E-state index is -0.743. The first kappa shape index (κ1) is 15.5. The van der Waals surface area contributed by atoms with E-state index in [-0.39, 0.29) is 18.6 Å². The van der Waals surface area contributed by atoms with E-state index in [1.165, 1.54) is 10.8 Å². The average Bonchev–Trinajstić information content (AvgIpc) is 2.81. The molecule has 21 heavy (non-hydrogen) atoms. The van der Waals surface area contributed by atoms with Crippen molar-refractivity contribution in [3.8, 4) is 0 Å². The monoisotopic (exact) mass is 357 g/mol. The summed E-state index contributed by atoms with van der Waals surface area (Å²) in [6, 6.07) is -0.584. The smallest absolute Gasteiger partial charge is 0.330 e. The second-order valence-electron chi connectivity index (χ2n) is 4.43. The molecule has 2 N–H and O–H groups in total. The molecular weight excluding hydrogens is 346 g/mol. The van der Waals surface area contributed by atoms with Gasteiger partial charge >= 0.3 is 5.69 Å². The molecule has 0 saturated carbocycles. The molecule has 3 atom stereocenters. The highest BCUT2D eigenvalue weighted by molar-refractivity contribution is 9.15. The number of nitrogens with one attached hydrogen (secondary N) is 1. The maximum atomic E-state index is 11.9. The number of hydrogen-bond donors (Lipinski definition) is 2. The fourth-order valence-electron chi connectivity index (χ4n) is 2.13. The molecule has 0 amide bonds. The zero-order valence-electron chi connectivity index (χ0n) is 10.8. The number of hydrogen-bond acceptors (Lipinski definition) is 5. The number of nitrogens with zero attached hydrogens (tertiary/aromatic N) is 4. The van der Waals surface area contributed by atoms with E-state index in [4.69, 9.17) is 10.3 Å². The maximum Gasteiger partial charge on any atom is 0.330 e. The van der Waals surface area contributed by atoms with Gasteiger partial charge in [0.25, 0.3) is 5.56 Å². The molecule has 0 bridgehead atoms. The predicted molar refractivity (Wildman–Crippen MR) is 77.8 cm³/mol. The van der Waals surface area contributed by atoms with Crippen LogP contribution in [0.25, 0.3) is 14.9 Å². The molecule has 2 heterocycles. The number of aromatic nitrogens is 2. The Bertz CT molecular complexity index is 720. The van der Waals surface area contributed by atoms with Crippen molar-refractivity contribution in [2.75, 3.05) is 6.61 Å². The Hall–Kier alpha value is -1.87. The molecule has 2 rings (SSSR count). The number of ether oxygens (including phenoxy) is 1. The van der Waals surface area contributed by atoms with Crippen LogP contribution >= 0.6 is 15.9 Å². The number of azide groups is 1. The summed E-state index contributed by atoms with van der Waals surface area (Å²) in [5.41, 5.74) is 7.46. The third kappa shape index (κ3) is 3.08. The van der Waals surface area contributed by atoms with Crippen molar-refractivity contribution in [2.45, 2.75) is 24.8 Å². The van der Waals surface area contributed by atoms with Gasteiger partial charge in [-0.2, -0.15) is 0 Å². The SMILES string of the molecule is C=C(Br)c1cn([C@H]2CC(N=[N+]=[N-])[C@@H](CO)O2)c(=O)[nH]c1=O. The van der Waals surface area contributed by atoms with Gasteiger partial charge in [-0.1, -0.05) is 27.6 Å². The summed E-state index contributed by atoms with van der Waals surface area (Å²) in [7, 11) is 0. The Morgan fingerprint density at radius 1 is 1.71 bits per heavy atom. The lowest BCUT2D eigenvalue weighted by molar-refractivity contribution is -0.0271. The zero-order chi connectivity index (χ0) is 15.6. The summed E-state index contributed by atoms with van der Waals surface area (Å²) in [6.45, 7) is 3.26. The average molecular weight is 358 g/mol.